The fourth-order valence-corrected chi connectivity index (χ4v) is 3.81. The van der Waals surface area contributed by atoms with Crippen LogP contribution in [0.1, 0.15) is 41.3 Å². The highest BCUT2D eigenvalue weighted by molar-refractivity contribution is 5.94. The first kappa shape index (κ1) is 18.8. The largest absolute Gasteiger partial charge is 0.302 e. The summed E-state index contributed by atoms with van der Waals surface area (Å²) in [5.74, 6) is 0.143. The summed E-state index contributed by atoms with van der Waals surface area (Å²) in [5, 5.41) is 0. The van der Waals surface area contributed by atoms with Crippen LogP contribution in [0.25, 0.3) is 0 Å². The number of nitrogens with zero attached hydrogens (tertiary/aromatic N) is 2. The normalized spacial score (nSPS) is 18.2. The highest BCUT2D eigenvalue weighted by Crippen LogP contribution is 2.18. The number of likely N-dealkylation sites (N-methyl/N-ethyl adjacent to an activating group) is 1. The van der Waals surface area contributed by atoms with E-state index < -0.39 is 0 Å². The summed E-state index contributed by atoms with van der Waals surface area (Å²) in [5.41, 5.74) is 3.47. The zero-order valence-corrected chi connectivity index (χ0v) is 16.0. The van der Waals surface area contributed by atoms with E-state index in [4.69, 9.17) is 0 Å². The van der Waals surface area contributed by atoms with Gasteiger partial charge in [-0.05, 0) is 57.0 Å². The molecule has 1 atom stereocenters. The van der Waals surface area contributed by atoms with Crippen molar-refractivity contribution in [1.82, 2.24) is 9.80 Å². The van der Waals surface area contributed by atoms with E-state index in [1.807, 2.05) is 18.2 Å². The van der Waals surface area contributed by atoms with Crippen molar-refractivity contribution >= 4 is 5.78 Å². The molecule has 3 nitrogen and oxygen atoms in total. The van der Waals surface area contributed by atoms with Gasteiger partial charge in [-0.3, -0.25) is 9.69 Å². The highest BCUT2D eigenvalue weighted by atomic mass is 16.1. The Balaban J connectivity index is 1.53. The number of Topliss-reactive ketones (excluding diaryl/α,β-unsaturated/α-hetero) is 1. The lowest BCUT2D eigenvalue weighted by atomic mass is 10.0. The molecular formula is C23H30N2O. The fraction of sp³-hybridized carbons (Fsp3) is 0.435. The molecule has 0 amide bonds. The van der Waals surface area contributed by atoms with E-state index in [9.17, 15) is 4.79 Å². The Morgan fingerprint density at radius 2 is 1.88 bits per heavy atom. The molecule has 0 radical (unpaired) electrons. The number of carbonyl (C=O) groups excluding carboxylic acids is 1. The van der Waals surface area contributed by atoms with Crippen LogP contribution in [-0.4, -0.2) is 48.3 Å². The van der Waals surface area contributed by atoms with Gasteiger partial charge in [0.15, 0.2) is 5.78 Å². The molecule has 3 rings (SSSR count). The lowest BCUT2D eigenvalue weighted by Gasteiger charge is -2.37. The average Bonchev–Trinajstić information content (AvgIpc) is 2.67. The third-order valence-electron chi connectivity index (χ3n) is 5.44. The molecule has 0 saturated carbocycles. The lowest BCUT2D eigenvalue weighted by molar-refractivity contribution is 0.101. The third kappa shape index (κ3) is 5.26. The minimum atomic E-state index is 0.143. The van der Waals surface area contributed by atoms with Crippen LogP contribution in [0, 0.1) is 0 Å². The van der Waals surface area contributed by atoms with E-state index in [1.54, 1.807) is 6.92 Å². The van der Waals surface area contributed by atoms with Gasteiger partial charge in [-0.25, -0.2) is 0 Å². The quantitative estimate of drug-likeness (QED) is 0.705. The van der Waals surface area contributed by atoms with Crippen LogP contribution in [0.15, 0.2) is 54.6 Å². The van der Waals surface area contributed by atoms with Crippen LogP contribution in [0.3, 0.4) is 0 Å². The summed E-state index contributed by atoms with van der Waals surface area (Å²) >= 11 is 0. The number of piperidine rings is 1. The molecule has 1 aliphatic heterocycles. The maximum Gasteiger partial charge on any atom is 0.159 e. The first-order valence-corrected chi connectivity index (χ1v) is 9.68. The van der Waals surface area contributed by atoms with Crippen molar-refractivity contribution in [3.8, 4) is 0 Å². The molecule has 0 N–H and O–H groups in total. The Morgan fingerprint density at radius 3 is 2.65 bits per heavy atom. The molecular weight excluding hydrogens is 320 g/mol. The number of ketones is 1. The van der Waals surface area contributed by atoms with Gasteiger partial charge in [0.05, 0.1) is 0 Å². The van der Waals surface area contributed by atoms with Crippen LogP contribution in [0.4, 0.5) is 0 Å². The Bertz CT molecular complexity index is 713. The van der Waals surface area contributed by atoms with Crippen molar-refractivity contribution in [3.63, 3.8) is 0 Å². The second-order valence-electron chi connectivity index (χ2n) is 7.50. The first-order chi connectivity index (χ1) is 12.6. The molecule has 3 heteroatoms. The van der Waals surface area contributed by atoms with E-state index >= 15 is 0 Å². The van der Waals surface area contributed by atoms with Crippen molar-refractivity contribution in [2.75, 3.05) is 26.7 Å². The summed E-state index contributed by atoms with van der Waals surface area (Å²) < 4.78 is 0. The predicted molar refractivity (Wildman–Crippen MR) is 108 cm³/mol. The fourth-order valence-electron chi connectivity index (χ4n) is 3.81. The third-order valence-corrected chi connectivity index (χ3v) is 5.44. The molecule has 1 saturated heterocycles. The summed E-state index contributed by atoms with van der Waals surface area (Å²) in [6.45, 7) is 5.92. The van der Waals surface area contributed by atoms with Gasteiger partial charge in [-0.15, -0.1) is 0 Å². The minimum absolute atomic E-state index is 0.143. The number of hydrogen-bond acceptors (Lipinski definition) is 3. The summed E-state index contributed by atoms with van der Waals surface area (Å²) in [6, 6.07) is 19.4. The predicted octanol–water partition coefficient (Wildman–Crippen LogP) is 4.03. The maximum atomic E-state index is 11.6. The molecule has 0 spiro atoms. The molecule has 2 aromatic rings. The van der Waals surface area contributed by atoms with Gasteiger partial charge >= 0.3 is 0 Å². The summed E-state index contributed by atoms with van der Waals surface area (Å²) in [6.07, 6.45) is 3.62. The van der Waals surface area contributed by atoms with Gasteiger partial charge in [-0.1, -0.05) is 48.5 Å². The van der Waals surface area contributed by atoms with E-state index in [0.717, 1.165) is 38.2 Å². The Morgan fingerprint density at radius 1 is 1.12 bits per heavy atom. The van der Waals surface area contributed by atoms with E-state index in [-0.39, 0.29) is 5.78 Å². The zero-order chi connectivity index (χ0) is 18.4. The van der Waals surface area contributed by atoms with Crippen LogP contribution in [0.2, 0.25) is 0 Å². The second kappa shape index (κ2) is 9.11. The molecule has 0 bridgehead atoms. The van der Waals surface area contributed by atoms with Crippen molar-refractivity contribution in [2.45, 2.75) is 38.8 Å². The second-order valence-corrected chi connectivity index (χ2v) is 7.50. The van der Waals surface area contributed by atoms with Crippen LogP contribution in [-0.2, 0) is 13.0 Å². The molecule has 26 heavy (non-hydrogen) atoms. The molecule has 0 aromatic heterocycles. The number of benzene rings is 2. The van der Waals surface area contributed by atoms with E-state index in [0.29, 0.717) is 6.04 Å². The molecule has 2 aromatic carbocycles. The first-order valence-electron chi connectivity index (χ1n) is 9.68. The topological polar surface area (TPSA) is 23.6 Å². The smallest absolute Gasteiger partial charge is 0.159 e. The molecule has 1 aliphatic rings. The Kier molecular flexibility index (Phi) is 6.59. The van der Waals surface area contributed by atoms with E-state index in [1.165, 1.54) is 24.0 Å². The standard InChI is InChI=1S/C23H30N2O/c1-19(26)22-11-6-10-21(16-22)17-25-14-7-12-23(18-25)24(2)15-13-20-8-4-3-5-9-20/h3-6,8-11,16,23H,7,12-15,17-18H2,1-2H3/t23-/m0/s1. The number of likely N-dealkylation sites (tertiary alicyclic amines) is 1. The van der Waals surface area contributed by atoms with E-state index in [2.05, 4.69) is 53.2 Å². The Labute approximate surface area is 157 Å². The van der Waals surface area contributed by atoms with Crippen LogP contribution >= 0.6 is 0 Å². The lowest BCUT2D eigenvalue weighted by Crippen LogP contribution is -2.46. The van der Waals surface area contributed by atoms with Gasteiger partial charge in [0, 0.05) is 31.2 Å². The van der Waals surface area contributed by atoms with Crippen molar-refractivity contribution in [3.05, 3.63) is 71.3 Å². The molecule has 1 fully saturated rings. The van der Waals surface area contributed by atoms with Gasteiger partial charge < -0.3 is 4.90 Å². The molecule has 1 heterocycles. The minimum Gasteiger partial charge on any atom is -0.302 e. The van der Waals surface area contributed by atoms with Crippen LogP contribution < -0.4 is 0 Å². The van der Waals surface area contributed by atoms with Crippen molar-refractivity contribution in [2.24, 2.45) is 0 Å². The molecule has 0 aliphatic carbocycles. The average molecular weight is 351 g/mol. The SMILES string of the molecule is CC(=O)c1cccc(CN2CCC[C@H](N(C)CCc3ccccc3)C2)c1. The van der Waals surface area contributed by atoms with Gasteiger partial charge in [-0.2, -0.15) is 0 Å². The highest BCUT2D eigenvalue weighted by Gasteiger charge is 2.23. The Hall–Kier alpha value is -1.97. The number of carbonyl (C=O) groups is 1. The van der Waals surface area contributed by atoms with Gasteiger partial charge in [0.1, 0.15) is 0 Å². The monoisotopic (exact) mass is 350 g/mol. The number of hydrogen-bond donors (Lipinski definition) is 0. The molecule has 138 valence electrons. The van der Waals surface area contributed by atoms with Gasteiger partial charge in [0.2, 0.25) is 0 Å². The maximum absolute atomic E-state index is 11.6. The van der Waals surface area contributed by atoms with Crippen molar-refractivity contribution in [1.29, 1.82) is 0 Å². The number of rotatable bonds is 7. The zero-order valence-electron chi connectivity index (χ0n) is 16.0. The van der Waals surface area contributed by atoms with Crippen LogP contribution in [0.5, 0.6) is 0 Å². The molecule has 0 unspecified atom stereocenters. The van der Waals surface area contributed by atoms with Gasteiger partial charge in [0.25, 0.3) is 0 Å². The summed E-state index contributed by atoms with van der Waals surface area (Å²) in [7, 11) is 2.26. The summed E-state index contributed by atoms with van der Waals surface area (Å²) in [4.78, 5) is 16.7. The van der Waals surface area contributed by atoms with Crippen molar-refractivity contribution < 1.29 is 4.79 Å².